The molecule has 29 heavy (non-hydrogen) atoms. The zero-order chi connectivity index (χ0) is 20.6. The van der Waals surface area contributed by atoms with E-state index in [2.05, 4.69) is 5.32 Å². The summed E-state index contributed by atoms with van der Waals surface area (Å²) in [5, 5.41) is 2.86. The standard InChI is InChI=1S/C22H23NO6/c1-26-17-8-7-14(13-5-4-6-15-16(13)11-23-20(15)24)18(19(17)27-2)29-12-22(9-10-22)21(25)28-3/h4-8H,9-12H2,1-3H3,(H,23,24). The fourth-order valence-electron chi connectivity index (χ4n) is 3.75. The first kappa shape index (κ1) is 19.1. The van der Waals surface area contributed by atoms with Gasteiger partial charge in [0, 0.05) is 17.7 Å². The Bertz CT molecular complexity index is 980. The second kappa shape index (κ2) is 7.31. The number of hydrogen-bond acceptors (Lipinski definition) is 6. The van der Waals surface area contributed by atoms with Gasteiger partial charge in [0.2, 0.25) is 5.75 Å². The average Bonchev–Trinajstić information content (AvgIpc) is 3.46. The Hall–Kier alpha value is -3.22. The molecule has 2 aromatic carbocycles. The zero-order valence-corrected chi connectivity index (χ0v) is 16.7. The molecule has 1 aliphatic carbocycles. The third-order valence-electron chi connectivity index (χ3n) is 5.60. The number of amides is 1. The maximum absolute atomic E-state index is 12.1. The van der Waals surface area contributed by atoms with Crippen LogP contribution in [-0.2, 0) is 16.1 Å². The van der Waals surface area contributed by atoms with E-state index >= 15 is 0 Å². The number of rotatable bonds is 7. The van der Waals surface area contributed by atoms with Gasteiger partial charge in [0.25, 0.3) is 5.91 Å². The summed E-state index contributed by atoms with van der Waals surface area (Å²) < 4.78 is 22.1. The smallest absolute Gasteiger partial charge is 0.315 e. The maximum atomic E-state index is 12.1. The molecule has 0 saturated heterocycles. The van der Waals surface area contributed by atoms with Crippen molar-refractivity contribution in [3.63, 3.8) is 0 Å². The largest absolute Gasteiger partial charge is 0.493 e. The van der Waals surface area contributed by atoms with Crippen LogP contribution < -0.4 is 19.5 Å². The van der Waals surface area contributed by atoms with Gasteiger partial charge >= 0.3 is 5.97 Å². The minimum absolute atomic E-state index is 0.0904. The summed E-state index contributed by atoms with van der Waals surface area (Å²) in [5.74, 6) is 1.09. The Kier molecular flexibility index (Phi) is 4.82. The SMILES string of the molecule is COC(=O)C1(COc2c(-c3cccc4c3CNC4=O)ccc(OC)c2OC)CC1. The van der Waals surface area contributed by atoms with E-state index in [1.165, 1.54) is 7.11 Å². The molecule has 0 unspecified atom stereocenters. The lowest BCUT2D eigenvalue weighted by molar-refractivity contribution is -0.148. The molecule has 7 heteroatoms. The molecule has 1 heterocycles. The average molecular weight is 397 g/mol. The normalized spacial score (nSPS) is 15.9. The summed E-state index contributed by atoms with van der Waals surface area (Å²) in [6.07, 6.45) is 1.45. The number of hydrogen-bond donors (Lipinski definition) is 1. The van der Waals surface area contributed by atoms with E-state index in [-0.39, 0.29) is 18.5 Å². The topological polar surface area (TPSA) is 83.1 Å². The van der Waals surface area contributed by atoms with Gasteiger partial charge < -0.3 is 24.3 Å². The molecular weight excluding hydrogens is 374 g/mol. The van der Waals surface area contributed by atoms with Crippen LogP contribution in [0.25, 0.3) is 11.1 Å². The molecule has 0 atom stereocenters. The molecule has 1 aliphatic heterocycles. The lowest BCUT2D eigenvalue weighted by Gasteiger charge is -2.21. The van der Waals surface area contributed by atoms with Crippen molar-refractivity contribution in [3.05, 3.63) is 41.5 Å². The number of carbonyl (C=O) groups is 2. The first-order valence-corrected chi connectivity index (χ1v) is 9.41. The maximum Gasteiger partial charge on any atom is 0.315 e. The van der Waals surface area contributed by atoms with E-state index in [9.17, 15) is 9.59 Å². The molecular formula is C22H23NO6. The first-order chi connectivity index (χ1) is 14.0. The van der Waals surface area contributed by atoms with E-state index < -0.39 is 5.41 Å². The molecule has 1 amide bonds. The fraction of sp³-hybridized carbons (Fsp3) is 0.364. The van der Waals surface area contributed by atoms with Gasteiger partial charge in [0.1, 0.15) is 12.0 Å². The van der Waals surface area contributed by atoms with Crippen molar-refractivity contribution in [3.8, 4) is 28.4 Å². The number of methoxy groups -OCH3 is 3. The van der Waals surface area contributed by atoms with E-state index in [1.54, 1.807) is 26.4 Å². The zero-order valence-electron chi connectivity index (χ0n) is 16.7. The first-order valence-electron chi connectivity index (χ1n) is 9.41. The highest BCUT2D eigenvalue weighted by atomic mass is 16.5. The Morgan fingerprint density at radius 2 is 1.76 bits per heavy atom. The minimum Gasteiger partial charge on any atom is -0.493 e. The van der Waals surface area contributed by atoms with Crippen molar-refractivity contribution < 1.29 is 28.5 Å². The Morgan fingerprint density at radius 3 is 2.41 bits per heavy atom. The van der Waals surface area contributed by atoms with E-state index in [0.717, 1.165) is 29.5 Å². The van der Waals surface area contributed by atoms with Gasteiger partial charge in [0.05, 0.1) is 21.3 Å². The van der Waals surface area contributed by atoms with Crippen LogP contribution in [0.15, 0.2) is 30.3 Å². The number of fused-ring (bicyclic) bond motifs is 1. The molecule has 0 bridgehead atoms. The van der Waals surface area contributed by atoms with Crippen LogP contribution in [0, 0.1) is 5.41 Å². The van der Waals surface area contributed by atoms with Gasteiger partial charge in [-0.05, 0) is 42.2 Å². The van der Waals surface area contributed by atoms with Crippen LogP contribution >= 0.6 is 0 Å². The van der Waals surface area contributed by atoms with E-state index in [4.69, 9.17) is 18.9 Å². The van der Waals surface area contributed by atoms with Crippen LogP contribution in [0.2, 0.25) is 0 Å². The monoisotopic (exact) mass is 397 g/mol. The van der Waals surface area contributed by atoms with Crippen molar-refractivity contribution in [2.45, 2.75) is 19.4 Å². The van der Waals surface area contributed by atoms with E-state index in [0.29, 0.717) is 29.4 Å². The highest BCUT2D eigenvalue weighted by Crippen LogP contribution is 2.50. The molecule has 2 aliphatic rings. The van der Waals surface area contributed by atoms with E-state index in [1.807, 2.05) is 18.2 Å². The van der Waals surface area contributed by atoms with Crippen LogP contribution in [0.5, 0.6) is 17.2 Å². The Morgan fingerprint density at radius 1 is 1.00 bits per heavy atom. The van der Waals surface area contributed by atoms with Crippen molar-refractivity contribution >= 4 is 11.9 Å². The number of ether oxygens (including phenoxy) is 4. The van der Waals surface area contributed by atoms with Gasteiger partial charge in [-0.1, -0.05) is 12.1 Å². The lowest BCUT2D eigenvalue weighted by Crippen LogP contribution is -2.25. The Labute approximate surface area is 168 Å². The van der Waals surface area contributed by atoms with Crippen molar-refractivity contribution in [1.82, 2.24) is 5.32 Å². The van der Waals surface area contributed by atoms with Gasteiger partial charge in [-0.15, -0.1) is 0 Å². The summed E-state index contributed by atoms with van der Waals surface area (Å²) in [5.41, 5.74) is 2.59. The summed E-state index contributed by atoms with van der Waals surface area (Å²) in [4.78, 5) is 24.2. The third kappa shape index (κ3) is 3.16. The molecule has 1 saturated carbocycles. The molecule has 0 radical (unpaired) electrons. The fourth-order valence-corrected chi connectivity index (χ4v) is 3.75. The number of nitrogens with one attached hydrogen (secondary N) is 1. The Balaban J connectivity index is 1.79. The number of esters is 1. The highest BCUT2D eigenvalue weighted by Gasteiger charge is 2.52. The quantitative estimate of drug-likeness (QED) is 0.724. The lowest BCUT2D eigenvalue weighted by atomic mass is 9.95. The van der Waals surface area contributed by atoms with Crippen LogP contribution in [0.4, 0.5) is 0 Å². The van der Waals surface area contributed by atoms with Gasteiger partial charge in [0.15, 0.2) is 11.5 Å². The number of benzene rings is 2. The van der Waals surface area contributed by atoms with Crippen molar-refractivity contribution in [2.75, 3.05) is 27.9 Å². The highest BCUT2D eigenvalue weighted by molar-refractivity contribution is 6.01. The molecule has 152 valence electrons. The molecule has 1 fully saturated rings. The summed E-state index contributed by atoms with van der Waals surface area (Å²) in [6.45, 7) is 0.632. The summed E-state index contributed by atoms with van der Waals surface area (Å²) in [7, 11) is 4.49. The molecule has 0 spiro atoms. The second-order valence-corrected chi connectivity index (χ2v) is 7.25. The number of carbonyl (C=O) groups excluding carboxylic acids is 2. The van der Waals surface area contributed by atoms with Gasteiger partial charge in [-0.2, -0.15) is 0 Å². The molecule has 2 aromatic rings. The van der Waals surface area contributed by atoms with Crippen LogP contribution in [-0.4, -0.2) is 39.8 Å². The van der Waals surface area contributed by atoms with Crippen LogP contribution in [0.3, 0.4) is 0 Å². The third-order valence-corrected chi connectivity index (χ3v) is 5.60. The predicted octanol–water partition coefficient (Wildman–Crippen LogP) is 2.95. The molecule has 7 nitrogen and oxygen atoms in total. The van der Waals surface area contributed by atoms with Crippen molar-refractivity contribution in [2.24, 2.45) is 5.41 Å². The van der Waals surface area contributed by atoms with Gasteiger partial charge in [-0.3, -0.25) is 9.59 Å². The summed E-state index contributed by atoms with van der Waals surface area (Å²) in [6, 6.07) is 9.28. The second-order valence-electron chi connectivity index (χ2n) is 7.25. The molecule has 4 rings (SSSR count). The predicted molar refractivity (Wildman–Crippen MR) is 105 cm³/mol. The minimum atomic E-state index is -0.615. The molecule has 1 N–H and O–H groups in total. The van der Waals surface area contributed by atoms with Crippen LogP contribution in [0.1, 0.15) is 28.8 Å². The van der Waals surface area contributed by atoms with Crippen molar-refractivity contribution in [1.29, 1.82) is 0 Å². The summed E-state index contributed by atoms with van der Waals surface area (Å²) >= 11 is 0. The van der Waals surface area contributed by atoms with Gasteiger partial charge in [-0.25, -0.2) is 0 Å². The molecule has 0 aromatic heterocycles.